The van der Waals surface area contributed by atoms with Gasteiger partial charge < -0.3 is 20.5 Å². The highest BCUT2D eigenvalue weighted by atomic mass is 19.1. The first-order chi connectivity index (χ1) is 21.0. The van der Waals surface area contributed by atoms with E-state index in [9.17, 15) is 9.18 Å². The summed E-state index contributed by atoms with van der Waals surface area (Å²) >= 11 is 0. The molecule has 0 unspecified atom stereocenters. The zero-order valence-corrected chi connectivity index (χ0v) is 25.3. The van der Waals surface area contributed by atoms with Gasteiger partial charge in [-0.1, -0.05) is 20.8 Å². The van der Waals surface area contributed by atoms with Gasteiger partial charge in [0.05, 0.1) is 40.7 Å². The zero-order chi connectivity index (χ0) is 31.0. The van der Waals surface area contributed by atoms with Crippen LogP contribution in [-0.4, -0.2) is 68.1 Å². The van der Waals surface area contributed by atoms with Gasteiger partial charge in [-0.2, -0.15) is 5.10 Å². The number of nitrogens with one attached hydrogen (secondary N) is 4. The van der Waals surface area contributed by atoms with Gasteiger partial charge in [-0.25, -0.2) is 4.39 Å². The molecule has 1 amide bonds. The second-order valence-corrected chi connectivity index (χ2v) is 12.1. The molecule has 0 aliphatic carbocycles. The van der Waals surface area contributed by atoms with E-state index < -0.39 is 5.41 Å². The molecule has 1 aromatic carbocycles. The first-order valence-corrected chi connectivity index (χ1v) is 14.3. The molecular weight excluding hydrogens is 557 g/mol. The average molecular weight is 592 g/mol. The number of carbonyl (C=O) groups is 1. The van der Waals surface area contributed by atoms with E-state index in [4.69, 9.17) is 0 Å². The monoisotopic (exact) mass is 591 g/mol. The normalized spacial score (nSPS) is 11.9. The number of anilines is 2. The number of nitrogens with zero attached hydrogens (tertiary/aromatic N) is 5. The van der Waals surface area contributed by atoms with Gasteiger partial charge >= 0.3 is 0 Å². The first kappa shape index (κ1) is 28.9. The number of aromatic nitrogens is 6. The minimum atomic E-state index is -0.534. The van der Waals surface area contributed by atoms with Gasteiger partial charge in [-0.05, 0) is 56.6 Å². The number of fused-ring (bicyclic) bond motifs is 2. The lowest BCUT2D eigenvalue weighted by atomic mass is 9.95. The summed E-state index contributed by atoms with van der Waals surface area (Å²) in [6, 6.07) is 12.6. The highest BCUT2D eigenvalue weighted by Crippen LogP contribution is 2.35. The van der Waals surface area contributed by atoms with E-state index >= 15 is 0 Å². The van der Waals surface area contributed by atoms with E-state index in [0.29, 0.717) is 40.6 Å². The maximum atomic E-state index is 14.7. The third-order valence-corrected chi connectivity index (χ3v) is 7.28. The third-order valence-electron chi connectivity index (χ3n) is 7.28. The molecule has 224 valence electrons. The molecule has 0 atom stereocenters. The second-order valence-electron chi connectivity index (χ2n) is 12.1. The van der Waals surface area contributed by atoms with Gasteiger partial charge in [0.25, 0.3) is 0 Å². The molecule has 11 heteroatoms. The van der Waals surface area contributed by atoms with Crippen molar-refractivity contribution in [1.82, 2.24) is 35.0 Å². The Morgan fingerprint density at radius 1 is 0.909 bits per heavy atom. The second kappa shape index (κ2) is 11.5. The van der Waals surface area contributed by atoms with Crippen LogP contribution >= 0.6 is 0 Å². The number of H-pyrrole nitrogens is 2. The Labute approximate surface area is 254 Å². The van der Waals surface area contributed by atoms with Gasteiger partial charge in [0.1, 0.15) is 11.5 Å². The van der Waals surface area contributed by atoms with Crippen LogP contribution in [0.3, 0.4) is 0 Å². The lowest BCUT2D eigenvalue weighted by molar-refractivity contribution is -0.123. The summed E-state index contributed by atoms with van der Waals surface area (Å²) in [4.78, 5) is 31.6. The molecule has 6 rings (SSSR count). The molecule has 5 heterocycles. The molecule has 0 aliphatic heterocycles. The van der Waals surface area contributed by atoms with Crippen LogP contribution in [0.25, 0.3) is 55.7 Å². The largest absolute Gasteiger partial charge is 0.384 e. The predicted molar refractivity (Wildman–Crippen MR) is 173 cm³/mol. The van der Waals surface area contributed by atoms with Crippen LogP contribution in [0.4, 0.5) is 15.8 Å². The minimum absolute atomic E-state index is 0.0975. The summed E-state index contributed by atoms with van der Waals surface area (Å²) in [6.07, 6.45) is 6.77. The number of amides is 1. The summed E-state index contributed by atoms with van der Waals surface area (Å²) in [5.41, 5.74) is 6.67. The molecular formula is C33H34FN9O. The highest BCUT2D eigenvalue weighted by Gasteiger charge is 2.22. The van der Waals surface area contributed by atoms with E-state index in [-0.39, 0.29) is 11.7 Å². The lowest BCUT2D eigenvalue weighted by Crippen LogP contribution is -2.27. The number of hydrogen-bond acceptors (Lipinski definition) is 7. The maximum Gasteiger partial charge on any atom is 0.229 e. The average Bonchev–Trinajstić information content (AvgIpc) is 3.60. The number of rotatable bonds is 8. The first-order valence-electron chi connectivity index (χ1n) is 14.3. The fourth-order valence-corrected chi connectivity index (χ4v) is 4.91. The molecule has 4 N–H and O–H groups in total. The number of halogens is 1. The number of hydrogen-bond donors (Lipinski definition) is 4. The van der Waals surface area contributed by atoms with Crippen LogP contribution in [-0.2, 0) is 4.79 Å². The number of benzene rings is 1. The van der Waals surface area contributed by atoms with Crippen LogP contribution < -0.4 is 10.6 Å². The Kier molecular flexibility index (Phi) is 7.56. The molecule has 0 spiro atoms. The molecule has 0 radical (unpaired) electrons. The molecule has 0 bridgehead atoms. The summed E-state index contributed by atoms with van der Waals surface area (Å²) in [5.74, 6) is -0.432. The molecule has 10 nitrogen and oxygen atoms in total. The van der Waals surface area contributed by atoms with Crippen LogP contribution in [0.2, 0.25) is 0 Å². The molecule has 0 fully saturated rings. The summed E-state index contributed by atoms with van der Waals surface area (Å²) in [5, 5.41) is 15.6. The molecule has 5 aromatic heterocycles. The van der Waals surface area contributed by atoms with Crippen molar-refractivity contribution in [3.8, 4) is 33.9 Å². The van der Waals surface area contributed by atoms with Crippen molar-refractivity contribution in [2.75, 3.05) is 37.8 Å². The Balaban J connectivity index is 1.35. The number of carbonyl (C=O) groups excluding carboxylic acids is 1. The van der Waals surface area contributed by atoms with E-state index in [1.54, 1.807) is 24.8 Å². The Bertz CT molecular complexity index is 1990. The van der Waals surface area contributed by atoms with Crippen molar-refractivity contribution in [2.45, 2.75) is 20.8 Å². The Hall–Kier alpha value is -5.16. The van der Waals surface area contributed by atoms with Crippen molar-refractivity contribution in [2.24, 2.45) is 5.41 Å². The van der Waals surface area contributed by atoms with Crippen LogP contribution in [0.1, 0.15) is 20.8 Å². The topological polar surface area (TPSA) is 128 Å². The highest BCUT2D eigenvalue weighted by molar-refractivity contribution is 6.01. The molecule has 0 saturated heterocycles. The van der Waals surface area contributed by atoms with Crippen molar-refractivity contribution in [1.29, 1.82) is 0 Å². The Morgan fingerprint density at radius 3 is 2.50 bits per heavy atom. The lowest BCUT2D eigenvalue weighted by Gasteiger charge is -2.17. The van der Waals surface area contributed by atoms with Gasteiger partial charge in [0.15, 0.2) is 0 Å². The SMILES string of the molecule is CN(C)CCNc1cc(F)cc(-c2nccc3[nH]c(-c4n[nH]c5cnc(-c6cncc(NC(=O)C(C)(C)C)c6)cc45)cc23)c1. The van der Waals surface area contributed by atoms with Crippen molar-refractivity contribution in [3.63, 3.8) is 0 Å². The third kappa shape index (κ3) is 6.00. The van der Waals surface area contributed by atoms with Gasteiger partial charge in [0.2, 0.25) is 5.91 Å². The summed E-state index contributed by atoms with van der Waals surface area (Å²) in [7, 11) is 3.99. The molecule has 0 aliphatic rings. The van der Waals surface area contributed by atoms with Crippen LogP contribution in [0.15, 0.2) is 67.3 Å². The van der Waals surface area contributed by atoms with Crippen molar-refractivity contribution in [3.05, 3.63) is 73.1 Å². The molecule has 44 heavy (non-hydrogen) atoms. The predicted octanol–water partition coefficient (Wildman–Crippen LogP) is 6.33. The number of aromatic amines is 2. The van der Waals surface area contributed by atoms with Crippen LogP contribution in [0, 0.1) is 11.2 Å². The maximum absolute atomic E-state index is 14.7. The molecule has 6 aromatic rings. The fraction of sp³-hybridized carbons (Fsp3) is 0.242. The van der Waals surface area contributed by atoms with Crippen LogP contribution in [0.5, 0.6) is 0 Å². The quantitative estimate of drug-likeness (QED) is 0.163. The van der Waals surface area contributed by atoms with E-state index in [2.05, 4.69) is 45.7 Å². The summed E-state index contributed by atoms with van der Waals surface area (Å²) < 4.78 is 14.7. The van der Waals surface area contributed by atoms with E-state index in [1.807, 2.05) is 65.2 Å². The number of pyridine rings is 3. The van der Waals surface area contributed by atoms with E-state index in [0.717, 1.165) is 39.6 Å². The minimum Gasteiger partial charge on any atom is -0.384 e. The van der Waals surface area contributed by atoms with Crippen molar-refractivity contribution >= 4 is 39.1 Å². The zero-order valence-electron chi connectivity index (χ0n) is 25.3. The van der Waals surface area contributed by atoms with Gasteiger partial charge in [-0.15, -0.1) is 0 Å². The number of likely N-dealkylation sites (N-methyl/N-ethyl adjacent to an activating group) is 1. The van der Waals surface area contributed by atoms with Gasteiger partial charge in [0, 0.05) is 64.0 Å². The van der Waals surface area contributed by atoms with Crippen molar-refractivity contribution < 1.29 is 9.18 Å². The molecule has 0 saturated carbocycles. The fourth-order valence-electron chi connectivity index (χ4n) is 4.91. The van der Waals surface area contributed by atoms with Gasteiger partial charge in [-0.3, -0.25) is 24.8 Å². The Morgan fingerprint density at radius 2 is 1.70 bits per heavy atom. The summed E-state index contributed by atoms with van der Waals surface area (Å²) in [6.45, 7) is 7.10. The smallest absolute Gasteiger partial charge is 0.229 e. The standard InChI is InChI=1S/C33H34FN9O/c1-33(2,3)32(44)39-23-12-20(16-35-17-23)27-14-25-29(18-38-27)41-42-31(25)28-15-24-26(40-28)6-7-37-30(24)19-10-21(34)13-22(11-19)36-8-9-43(4)5/h6-7,10-18,36,40H,8-9H2,1-5H3,(H,39,44)(H,41,42). The van der Waals surface area contributed by atoms with E-state index in [1.165, 1.54) is 12.1 Å².